The van der Waals surface area contributed by atoms with Crippen LogP contribution in [0.25, 0.3) is 0 Å². The van der Waals surface area contributed by atoms with E-state index in [0.717, 1.165) is 23.3 Å². The van der Waals surface area contributed by atoms with Gasteiger partial charge in [0.15, 0.2) is 0 Å². The van der Waals surface area contributed by atoms with E-state index in [1.165, 1.54) is 4.90 Å². The molecule has 0 radical (unpaired) electrons. The average Bonchev–Trinajstić information content (AvgIpc) is 3.23. The van der Waals surface area contributed by atoms with Crippen molar-refractivity contribution in [2.24, 2.45) is 0 Å². The molecule has 2 saturated heterocycles. The molecule has 0 unspecified atom stereocenters. The lowest BCUT2D eigenvalue weighted by atomic mass is 10.1. The number of ether oxygens (including phenoxy) is 2. The van der Waals surface area contributed by atoms with E-state index in [1.807, 2.05) is 54.6 Å². The Kier molecular flexibility index (Phi) is 7.80. The van der Waals surface area contributed by atoms with Crippen molar-refractivity contribution in [2.45, 2.75) is 38.0 Å². The van der Waals surface area contributed by atoms with E-state index in [4.69, 9.17) is 9.47 Å². The molecule has 0 spiro atoms. The van der Waals surface area contributed by atoms with E-state index in [2.05, 4.69) is 5.32 Å². The highest BCUT2D eigenvalue weighted by Gasteiger charge is 2.36. The highest BCUT2D eigenvalue weighted by atomic mass is 16.5. The lowest BCUT2D eigenvalue weighted by molar-refractivity contribution is -0.140. The molecule has 0 aromatic heterocycles. The maximum absolute atomic E-state index is 13.1. The number of rotatable bonds is 8. The van der Waals surface area contributed by atoms with Crippen LogP contribution in [-0.2, 0) is 32.1 Å². The molecule has 0 saturated carbocycles. The first kappa shape index (κ1) is 23.8. The lowest BCUT2D eigenvalue weighted by Crippen LogP contribution is -2.48. The molecule has 180 valence electrons. The highest BCUT2D eigenvalue weighted by Crippen LogP contribution is 2.18. The fraction of sp³-hybridized carbons (Fsp3) is 0.423. The zero-order valence-corrected chi connectivity index (χ0v) is 19.4. The van der Waals surface area contributed by atoms with Crippen molar-refractivity contribution in [1.29, 1.82) is 0 Å². The number of hydrogen-bond donors (Lipinski definition) is 1. The summed E-state index contributed by atoms with van der Waals surface area (Å²) in [7, 11) is 1.62. The molecular formula is C26H31N3O5. The first-order valence-corrected chi connectivity index (χ1v) is 11.7. The Morgan fingerprint density at radius 3 is 2.59 bits per heavy atom. The minimum Gasteiger partial charge on any atom is -0.497 e. The molecule has 2 aliphatic rings. The van der Waals surface area contributed by atoms with Crippen LogP contribution in [0.2, 0.25) is 0 Å². The topological polar surface area (TPSA) is 88.2 Å². The van der Waals surface area contributed by atoms with Crippen LogP contribution in [0, 0.1) is 0 Å². The van der Waals surface area contributed by atoms with Gasteiger partial charge in [0.1, 0.15) is 11.8 Å². The first-order valence-electron chi connectivity index (χ1n) is 11.7. The van der Waals surface area contributed by atoms with Gasteiger partial charge in [-0.05, 0) is 36.1 Å². The van der Waals surface area contributed by atoms with Gasteiger partial charge < -0.3 is 24.6 Å². The molecule has 2 aliphatic heterocycles. The molecule has 2 heterocycles. The molecule has 0 bridgehead atoms. The van der Waals surface area contributed by atoms with Gasteiger partial charge in [-0.1, -0.05) is 42.5 Å². The summed E-state index contributed by atoms with van der Waals surface area (Å²) in [5, 5.41) is 2.72. The Morgan fingerprint density at radius 2 is 1.85 bits per heavy atom. The molecular weight excluding hydrogens is 434 g/mol. The Morgan fingerprint density at radius 1 is 1.06 bits per heavy atom. The number of carbonyl (C=O) groups is 3. The monoisotopic (exact) mass is 465 g/mol. The number of methoxy groups -OCH3 is 1. The van der Waals surface area contributed by atoms with Gasteiger partial charge in [0.2, 0.25) is 17.7 Å². The van der Waals surface area contributed by atoms with Crippen molar-refractivity contribution in [1.82, 2.24) is 15.1 Å². The second-order valence-corrected chi connectivity index (χ2v) is 8.74. The summed E-state index contributed by atoms with van der Waals surface area (Å²) in [5.41, 5.74) is 2.10. The van der Waals surface area contributed by atoms with Crippen molar-refractivity contribution in [2.75, 3.05) is 33.3 Å². The zero-order chi connectivity index (χ0) is 23.9. The maximum atomic E-state index is 13.1. The molecule has 1 N–H and O–H groups in total. The van der Waals surface area contributed by atoms with Gasteiger partial charge in [-0.15, -0.1) is 0 Å². The third kappa shape index (κ3) is 6.14. The summed E-state index contributed by atoms with van der Waals surface area (Å²) in [6.07, 6.45) is 1.16. The summed E-state index contributed by atoms with van der Waals surface area (Å²) in [6.45, 7) is 1.56. The summed E-state index contributed by atoms with van der Waals surface area (Å²) in [4.78, 5) is 41.2. The van der Waals surface area contributed by atoms with Gasteiger partial charge in [0.25, 0.3) is 0 Å². The van der Waals surface area contributed by atoms with Gasteiger partial charge in [-0.2, -0.15) is 0 Å². The Labute approximate surface area is 199 Å². The van der Waals surface area contributed by atoms with Gasteiger partial charge in [-0.25, -0.2) is 0 Å². The maximum Gasteiger partial charge on any atom is 0.245 e. The second kappa shape index (κ2) is 11.2. The lowest BCUT2D eigenvalue weighted by Gasteiger charge is -2.26. The molecule has 8 nitrogen and oxygen atoms in total. The smallest absolute Gasteiger partial charge is 0.245 e. The van der Waals surface area contributed by atoms with Gasteiger partial charge in [-0.3, -0.25) is 14.4 Å². The quantitative estimate of drug-likeness (QED) is 0.642. The number of benzene rings is 2. The molecule has 0 aliphatic carbocycles. The predicted molar refractivity (Wildman–Crippen MR) is 126 cm³/mol. The molecule has 34 heavy (non-hydrogen) atoms. The van der Waals surface area contributed by atoms with E-state index in [9.17, 15) is 14.4 Å². The first-order chi connectivity index (χ1) is 16.5. The van der Waals surface area contributed by atoms with Crippen LogP contribution >= 0.6 is 0 Å². The fourth-order valence-corrected chi connectivity index (χ4v) is 4.37. The normalized spacial score (nSPS) is 20.7. The summed E-state index contributed by atoms with van der Waals surface area (Å²) in [6, 6.07) is 17.1. The second-order valence-electron chi connectivity index (χ2n) is 8.74. The van der Waals surface area contributed by atoms with Crippen molar-refractivity contribution in [3.63, 3.8) is 0 Å². The Balaban J connectivity index is 1.46. The summed E-state index contributed by atoms with van der Waals surface area (Å²) in [5.74, 6) is 0.283. The van der Waals surface area contributed by atoms with Crippen LogP contribution in [0.15, 0.2) is 54.6 Å². The predicted octanol–water partition coefficient (Wildman–Crippen LogP) is 1.77. The number of amides is 3. The third-order valence-corrected chi connectivity index (χ3v) is 6.27. The molecule has 4 rings (SSSR count). The Hall–Kier alpha value is -3.39. The van der Waals surface area contributed by atoms with Crippen molar-refractivity contribution < 1.29 is 23.9 Å². The van der Waals surface area contributed by atoms with E-state index < -0.39 is 6.04 Å². The molecule has 3 amide bonds. The molecule has 8 heteroatoms. The fourth-order valence-electron chi connectivity index (χ4n) is 4.37. The average molecular weight is 466 g/mol. The minimum atomic E-state index is -0.574. The summed E-state index contributed by atoms with van der Waals surface area (Å²) < 4.78 is 11.5. The minimum absolute atomic E-state index is 0.0149. The van der Waals surface area contributed by atoms with E-state index in [-0.39, 0.29) is 30.4 Å². The number of carbonyl (C=O) groups excluding carboxylic acids is 3. The van der Waals surface area contributed by atoms with Crippen LogP contribution in [0.4, 0.5) is 0 Å². The van der Waals surface area contributed by atoms with Gasteiger partial charge in [0, 0.05) is 26.1 Å². The zero-order valence-electron chi connectivity index (χ0n) is 19.4. The van der Waals surface area contributed by atoms with Crippen LogP contribution in [-0.4, -0.2) is 73.0 Å². The van der Waals surface area contributed by atoms with Crippen LogP contribution in [0.5, 0.6) is 5.75 Å². The highest BCUT2D eigenvalue weighted by molar-refractivity contribution is 5.93. The van der Waals surface area contributed by atoms with Gasteiger partial charge in [0.05, 0.1) is 26.4 Å². The number of nitrogens with one attached hydrogen (secondary N) is 1. The van der Waals surface area contributed by atoms with Crippen LogP contribution in [0.3, 0.4) is 0 Å². The van der Waals surface area contributed by atoms with Gasteiger partial charge >= 0.3 is 0 Å². The standard InChI is InChI=1S/C26H31N3O5/c1-33-21-9-5-8-20(14-21)18-34-22-15-28(13-12-19-6-3-2-4-7-19)25(31)17-29(16-22)26(32)23-10-11-24(30)27-23/h2-9,14,22-23H,10-13,15-18H2,1H3,(H,27,30)/t22-,23-/m0/s1. The molecule has 2 fully saturated rings. The van der Waals surface area contributed by atoms with Crippen LogP contribution in [0.1, 0.15) is 24.0 Å². The Bertz CT molecular complexity index is 1010. The van der Waals surface area contributed by atoms with E-state index >= 15 is 0 Å². The summed E-state index contributed by atoms with van der Waals surface area (Å²) >= 11 is 0. The molecule has 2 aromatic rings. The third-order valence-electron chi connectivity index (χ3n) is 6.27. The number of nitrogens with zero attached hydrogens (tertiary/aromatic N) is 2. The largest absolute Gasteiger partial charge is 0.497 e. The SMILES string of the molecule is COc1cccc(CO[C@H]2CN(CCc3ccccc3)C(=O)CN(C(=O)[C@@H]3CCC(=O)N3)C2)c1. The molecule has 2 aromatic carbocycles. The van der Waals surface area contributed by atoms with Crippen LogP contribution < -0.4 is 10.1 Å². The van der Waals surface area contributed by atoms with E-state index in [0.29, 0.717) is 39.1 Å². The van der Waals surface area contributed by atoms with E-state index in [1.54, 1.807) is 12.0 Å². The van der Waals surface area contributed by atoms with Crippen molar-refractivity contribution >= 4 is 17.7 Å². The van der Waals surface area contributed by atoms with Crippen molar-refractivity contribution in [3.05, 3.63) is 65.7 Å². The van der Waals surface area contributed by atoms with Crippen molar-refractivity contribution in [3.8, 4) is 5.75 Å². The molecule has 2 atom stereocenters. The number of hydrogen-bond acceptors (Lipinski definition) is 5.